The number of carbonyl (C=O) groups is 1. The second kappa shape index (κ2) is 7.40. The highest BCUT2D eigenvalue weighted by molar-refractivity contribution is 14.1. The van der Waals surface area contributed by atoms with E-state index in [1.807, 2.05) is 43.4 Å². The molecule has 3 nitrogen and oxygen atoms in total. The summed E-state index contributed by atoms with van der Waals surface area (Å²) >= 11 is 1.88. The van der Waals surface area contributed by atoms with Gasteiger partial charge < -0.3 is 11.1 Å². The first-order valence-corrected chi connectivity index (χ1v) is 6.85. The highest BCUT2D eigenvalue weighted by Gasteiger charge is 2.29. The molecule has 1 rings (SSSR count). The van der Waals surface area contributed by atoms with Crippen LogP contribution in [-0.2, 0) is 0 Å². The number of benzene rings is 1. The first kappa shape index (κ1) is 18.6. The maximum atomic E-state index is 13.4. The molecule has 1 aromatic rings. The summed E-state index contributed by atoms with van der Waals surface area (Å²) in [6, 6.07) is 4.44. The molecule has 19 heavy (non-hydrogen) atoms. The van der Waals surface area contributed by atoms with Gasteiger partial charge >= 0.3 is 0 Å². The molecule has 0 aromatic heterocycles. The van der Waals surface area contributed by atoms with Crippen LogP contribution in [-0.4, -0.2) is 18.0 Å². The van der Waals surface area contributed by atoms with Crippen molar-refractivity contribution < 1.29 is 9.18 Å². The number of hydrogen-bond acceptors (Lipinski definition) is 2. The minimum atomic E-state index is -0.490. The summed E-state index contributed by atoms with van der Waals surface area (Å²) in [4.78, 5) is 12.1. The summed E-state index contributed by atoms with van der Waals surface area (Å²) in [5, 5.41) is 2.87. The van der Waals surface area contributed by atoms with Crippen molar-refractivity contribution in [3.05, 3.63) is 33.1 Å². The van der Waals surface area contributed by atoms with Crippen LogP contribution in [0.4, 0.5) is 4.39 Å². The van der Waals surface area contributed by atoms with Gasteiger partial charge in [0.05, 0.1) is 5.54 Å². The smallest absolute Gasteiger partial charge is 0.251 e. The second-order valence-corrected chi connectivity index (χ2v) is 6.02. The SMILES string of the molecule is CC(C)C(C)(CN)NC(=O)c1ccc(I)c(F)c1.Cl. The molecule has 0 aliphatic heterocycles. The topological polar surface area (TPSA) is 55.1 Å². The van der Waals surface area contributed by atoms with Crippen molar-refractivity contribution in [1.29, 1.82) is 0 Å². The molecule has 1 aromatic carbocycles. The molecule has 0 heterocycles. The third-order valence-electron chi connectivity index (χ3n) is 3.28. The van der Waals surface area contributed by atoms with E-state index in [0.29, 0.717) is 15.7 Å². The minimum absolute atomic E-state index is 0. The van der Waals surface area contributed by atoms with E-state index in [4.69, 9.17) is 5.73 Å². The Bertz CT molecular complexity index is 456. The Labute approximate surface area is 133 Å². The summed E-state index contributed by atoms with van der Waals surface area (Å²) in [6.45, 7) is 6.20. The molecular formula is C13H19ClFIN2O. The van der Waals surface area contributed by atoms with Gasteiger partial charge in [-0.25, -0.2) is 4.39 Å². The lowest BCUT2D eigenvalue weighted by Crippen LogP contribution is -2.55. The van der Waals surface area contributed by atoms with Crippen molar-refractivity contribution in [2.75, 3.05) is 6.54 Å². The van der Waals surface area contributed by atoms with Gasteiger partial charge in [-0.1, -0.05) is 13.8 Å². The van der Waals surface area contributed by atoms with E-state index in [1.54, 1.807) is 12.1 Å². The minimum Gasteiger partial charge on any atom is -0.345 e. The number of hydrogen-bond donors (Lipinski definition) is 2. The van der Waals surface area contributed by atoms with Gasteiger partial charge in [-0.05, 0) is 53.6 Å². The van der Waals surface area contributed by atoms with Crippen LogP contribution in [0.15, 0.2) is 18.2 Å². The fourth-order valence-electron chi connectivity index (χ4n) is 1.40. The molecule has 1 atom stereocenters. The predicted octanol–water partition coefficient (Wildman–Crippen LogP) is 2.96. The van der Waals surface area contributed by atoms with Crippen LogP contribution in [0.3, 0.4) is 0 Å². The fourth-order valence-corrected chi connectivity index (χ4v) is 1.74. The van der Waals surface area contributed by atoms with E-state index in [-0.39, 0.29) is 30.0 Å². The zero-order valence-electron chi connectivity index (χ0n) is 11.2. The maximum absolute atomic E-state index is 13.4. The number of carbonyl (C=O) groups excluding carboxylic acids is 1. The molecule has 3 N–H and O–H groups in total. The molecule has 0 saturated heterocycles. The third-order valence-corrected chi connectivity index (χ3v) is 4.15. The molecule has 0 saturated carbocycles. The summed E-state index contributed by atoms with van der Waals surface area (Å²) in [5.74, 6) is -0.491. The molecule has 0 radical (unpaired) electrons. The van der Waals surface area contributed by atoms with Gasteiger partial charge in [0.15, 0.2) is 0 Å². The number of nitrogens with two attached hydrogens (primary N) is 1. The summed E-state index contributed by atoms with van der Waals surface area (Å²) in [7, 11) is 0. The zero-order valence-corrected chi connectivity index (χ0v) is 14.1. The lowest BCUT2D eigenvalue weighted by atomic mass is 9.88. The van der Waals surface area contributed by atoms with Gasteiger partial charge in [0.1, 0.15) is 5.82 Å². The van der Waals surface area contributed by atoms with Crippen molar-refractivity contribution in [2.24, 2.45) is 11.7 Å². The summed E-state index contributed by atoms with van der Waals surface area (Å²) < 4.78 is 13.9. The van der Waals surface area contributed by atoms with Crippen LogP contribution in [0, 0.1) is 15.3 Å². The Hall–Kier alpha value is -0.400. The Balaban J connectivity index is 0.00000324. The van der Waals surface area contributed by atoms with Crippen molar-refractivity contribution in [3.8, 4) is 0 Å². The second-order valence-electron chi connectivity index (χ2n) is 4.86. The van der Waals surface area contributed by atoms with Crippen molar-refractivity contribution in [3.63, 3.8) is 0 Å². The molecule has 108 valence electrons. The quantitative estimate of drug-likeness (QED) is 0.764. The van der Waals surface area contributed by atoms with Gasteiger partial charge in [0.2, 0.25) is 0 Å². The van der Waals surface area contributed by atoms with E-state index >= 15 is 0 Å². The predicted molar refractivity (Wildman–Crippen MR) is 86.1 cm³/mol. The van der Waals surface area contributed by atoms with Gasteiger partial charge in [-0.15, -0.1) is 12.4 Å². The maximum Gasteiger partial charge on any atom is 0.251 e. The van der Waals surface area contributed by atoms with E-state index in [9.17, 15) is 9.18 Å². The van der Waals surface area contributed by atoms with Crippen molar-refractivity contribution >= 4 is 40.9 Å². The third kappa shape index (κ3) is 4.57. The average molecular weight is 401 g/mol. The molecular weight excluding hydrogens is 382 g/mol. The number of nitrogens with one attached hydrogen (secondary N) is 1. The van der Waals surface area contributed by atoms with Gasteiger partial charge in [-0.2, -0.15) is 0 Å². The van der Waals surface area contributed by atoms with Crippen molar-refractivity contribution in [1.82, 2.24) is 5.32 Å². The van der Waals surface area contributed by atoms with Gasteiger partial charge in [0.25, 0.3) is 5.91 Å². The summed E-state index contributed by atoms with van der Waals surface area (Å²) in [6.07, 6.45) is 0. The molecule has 0 aliphatic rings. The molecule has 1 unspecified atom stereocenters. The van der Waals surface area contributed by atoms with Crippen LogP contribution in [0.1, 0.15) is 31.1 Å². The van der Waals surface area contributed by atoms with Gasteiger partial charge in [-0.3, -0.25) is 4.79 Å². The average Bonchev–Trinajstić information content (AvgIpc) is 2.32. The Morgan fingerprint density at radius 3 is 2.53 bits per heavy atom. The van der Waals surface area contributed by atoms with Gasteiger partial charge in [0, 0.05) is 15.7 Å². The molecule has 1 amide bonds. The monoisotopic (exact) mass is 400 g/mol. The standard InChI is InChI=1S/C13H18FIN2O.ClH/c1-8(2)13(3,7-16)17-12(18)9-4-5-11(15)10(14)6-9;/h4-6,8H,7,16H2,1-3H3,(H,17,18);1H. The van der Waals surface area contributed by atoms with Crippen molar-refractivity contribution in [2.45, 2.75) is 26.3 Å². The van der Waals surface area contributed by atoms with Crippen LogP contribution in [0.2, 0.25) is 0 Å². The Morgan fingerprint density at radius 2 is 2.11 bits per heavy atom. The highest BCUT2D eigenvalue weighted by Crippen LogP contribution is 2.17. The number of amides is 1. The molecule has 0 spiro atoms. The zero-order chi connectivity index (χ0) is 13.9. The van der Waals surface area contributed by atoms with E-state index in [1.165, 1.54) is 6.07 Å². The van der Waals surface area contributed by atoms with Crippen LogP contribution < -0.4 is 11.1 Å². The van der Waals surface area contributed by atoms with E-state index < -0.39 is 5.54 Å². The first-order chi connectivity index (χ1) is 8.30. The molecule has 0 bridgehead atoms. The van der Waals surface area contributed by atoms with E-state index in [0.717, 1.165) is 0 Å². The Morgan fingerprint density at radius 1 is 1.53 bits per heavy atom. The lowest BCUT2D eigenvalue weighted by Gasteiger charge is -2.33. The largest absolute Gasteiger partial charge is 0.345 e. The van der Waals surface area contributed by atoms with Crippen LogP contribution in [0.25, 0.3) is 0 Å². The van der Waals surface area contributed by atoms with Crippen LogP contribution in [0.5, 0.6) is 0 Å². The lowest BCUT2D eigenvalue weighted by molar-refractivity contribution is 0.0882. The number of halogens is 3. The van der Waals surface area contributed by atoms with E-state index in [2.05, 4.69) is 5.32 Å². The normalized spacial score (nSPS) is 13.6. The number of rotatable bonds is 4. The highest BCUT2D eigenvalue weighted by atomic mass is 127. The fraction of sp³-hybridized carbons (Fsp3) is 0.462. The summed E-state index contributed by atoms with van der Waals surface area (Å²) in [5.41, 5.74) is 5.52. The molecule has 0 fully saturated rings. The first-order valence-electron chi connectivity index (χ1n) is 5.78. The van der Waals surface area contributed by atoms with Crippen LogP contribution >= 0.6 is 35.0 Å². The molecule has 0 aliphatic carbocycles. The Kier molecular flexibility index (Phi) is 7.24. The molecule has 6 heteroatoms.